The number of carboxylic acids is 1. The summed E-state index contributed by atoms with van der Waals surface area (Å²) in [6, 6.07) is 5.84. The highest BCUT2D eigenvalue weighted by Gasteiger charge is 2.16. The van der Waals surface area contributed by atoms with E-state index in [0.29, 0.717) is 13.0 Å². The quantitative estimate of drug-likeness (QED) is 0.732. The molecule has 0 bridgehead atoms. The van der Waals surface area contributed by atoms with Gasteiger partial charge in [0, 0.05) is 13.6 Å². The number of carboxylic acid groups (broad SMARTS) is 1. The number of hydrogen-bond acceptors (Lipinski definition) is 3. The molecule has 1 aromatic carbocycles. The Balaban J connectivity index is 2.54. The number of nitrogens with one attached hydrogen (secondary N) is 1. The Labute approximate surface area is 118 Å². The third kappa shape index (κ3) is 4.24. The van der Waals surface area contributed by atoms with Crippen LogP contribution in [0.2, 0.25) is 0 Å². The summed E-state index contributed by atoms with van der Waals surface area (Å²) in [5, 5.41) is 20.6. The summed E-state index contributed by atoms with van der Waals surface area (Å²) in [5.41, 5.74) is 1.03. The Morgan fingerprint density at radius 1 is 1.30 bits per heavy atom. The summed E-state index contributed by atoms with van der Waals surface area (Å²) in [7, 11) is 1.63. The predicted octanol–water partition coefficient (Wildman–Crippen LogP) is 1.30. The third-order valence-electron chi connectivity index (χ3n) is 3.19. The summed E-state index contributed by atoms with van der Waals surface area (Å²) < 4.78 is 0. The van der Waals surface area contributed by atoms with Gasteiger partial charge in [0.15, 0.2) is 0 Å². The molecule has 0 spiro atoms. The average Bonchev–Trinajstić information content (AvgIpc) is 2.46. The van der Waals surface area contributed by atoms with Gasteiger partial charge in [-0.1, -0.05) is 19.1 Å². The zero-order chi connectivity index (χ0) is 15.1. The van der Waals surface area contributed by atoms with Crippen LogP contribution in [0, 0.1) is 0 Å². The van der Waals surface area contributed by atoms with E-state index in [1.807, 2.05) is 6.92 Å². The number of rotatable bonds is 6. The minimum atomic E-state index is -0.978. The largest absolute Gasteiger partial charge is 0.478 e. The summed E-state index contributed by atoms with van der Waals surface area (Å²) in [4.78, 5) is 24.0. The number of urea groups is 1. The number of benzene rings is 1. The van der Waals surface area contributed by atoms with Gasteiger partial charge in [0.1, 0.15) is 0 Å². The molecule has 0 saturated carbocycles. The van der Waals surface area contributed by atoms with Gasteiger partial charge in [0.2, 0.25) is 0 Å². The van der Waals surface area contributed by atoms with Crippen molar-refractivity contribution in [2.45, 2.75) is 25.9 Å². The molecule has 110 valence electrons. The minimum Gasteiger partial charge on any atom is -0.478 e. The number of amides is 2. The first-order valence-electron chi connectivity index (χ1n) is 6.43. The average molecular weight is 280 g/mol. The SMILES string of the molecule is CCC(CO)N(C)C(=O)NCc1ccc(C(=O)O)cc1. The Hall–Kier alpha value is -2.08. The van der Waals surface area contributed by atoms with Gasteiger partial charge in [-0.05, 0) is 24.1 Å². The fourth-order valence-electron chi connectivity index (χ4n) is 1.76. The maximum absolute atomic E-state index is 11.9. The lowest BCUT2D eigenvalue weighted by atomic mass is 10.1. The van der Waals surface area contributed by atoms with Crippen LogP contribution in [-0.2, 0) is 6.54 Å². The molecular weight excluding hydrogens is 260 g/mol. The molecule has 6 nitrogen and oxygen atoms in total. The molecular formula is C14H20N2O4. The normalized spacial score (nSPS) is 11.8. The number of likely N-dealkylation sites (N-methyl/N-ethyl adjacent to an activating group) is 1. The van der Waals surface area contributed by atoms with Crippen molar-refractivity contribution in [3.63, 3.8) is 0 Å². The number of hydrogen-bond donors (Lipinski definition) is 3. The molecule has 1 rings (SSSR count). The topological polar surface area (TPSA) is 89.9 Å². The second-order valence-corrected chi connectivity index (χ2v) is 4.52. The van der Waals surface area contributed by atoms with Gasteiger partial charge in [0.05, 0.1) is 18.2 Å². The van der Waals surface area contributed by atoms with Crippen LogP contribution in [0.4, 0.5) is 4.79 Å². The molecule has 0 aromatic heterocycles. The van der Waals surface area contributed by atoms with Crippen LogP contribution in [0.5, 0.6) is 0 Å². The van der Waals surface area contributed by atoms with Crippen LogP contribution in [0.3, 0.4) is 0 Å². The van der Waals surface area contributed by atoms with Crippen molar-refractivity contribution in [3.8, 4) is 0 Å². The lowest BCUT2D eigenvalue weighted by Gasteiger charge is -2.25. The summed E-state index contributed by atoms with van der Waals surface area (Å²) in [6.07, 6.45) is 0.674. The molecule has 1 unspecified atom stereocenters. The van der Waals surface area contributed by atoms with Crippen molar-refractivity contribution in [2.75, 3.05) is 13.7 Å². The Kier molecular flexibility index (Phi) is 5.99. The zero-order valence-electron chi connectivity index (χ0n) is 11.7. The van der Waals surface area contributed by atoms with Crippen LogP contribution >= 0.6 is 0 Å². The summed E-state index contributed by atoms with van der Waals surface area (Å²) in [5.74, 6) is -0.978. The zero-order valence-corrected chi connectivity index (χ0v) is 11.7. The highest BCUT2D eigenvalue weighted by Crippen LogP contribution is 2.05. The predicted molar refractivity (Wildman–Crippen MR) is 74.6 cm³/mol. The van der Waals surface area contributed by atoms with Crippen molar-refractivity contribution in [1.82, 2.24) is 10.2 Å². The standard InChI is InChI=1S/C14H20N2O4/c1-3-12(9-17)16(2)14(20)15-8-10-4-6-11(7-5-10)13(18)19/h4-7,12,17H,3,8-9H2,1-2H3,(H,15,20)(H,18,19). The highest BCUT2D eigenvalue weighted by molar-refractivity contribution is 5.87. The molecule has 0 aliphatic carbocycles. The van der Waals surface area contributed by atoms with Crippen LogP contribution < -0.4 is 5.32 Å². The fraction of sp³-hybridized carbons (Fsp3) is 0.429. The first kappa shape index (κ1) is 16.0. The number of carbonyl (C=O) groups excluding carboxylic acids is 1. The first-order valence-corrected chi connectivity index (χ1v) is 6.43. The lowest BCUT2D eigenvalue weighted by molar-refractivity contribution is 0.0697. The van der Waals surface area contributed by atoms with Gasteiger partial charge in [-0.15, -0.1) is 0 Å². The maximum Gasteiger partial charge on any atom is 0.335 e. The molecule has 0 aliphatic rings. The Morgan fingerprint density at radius 3 is 2.35 bits per heavy atom. The van der Waals surface area contributed by atoms with E-state index < -0.39 is 5.97 Å². The monoisotopic (exact) mass is 280 g/mol. The van der Waals surface area contributed by atoms with Gasteiger partial charge in [-0.3, -0.25) is 0 Å². The van der Waals surface area contributed by atoms with Crippen LogP contribution in [0.15, 0.2) is 24.3 Å². The van der Waals surface area contributed by atoms with Crippen molar-refractivity contribution >= 4 is 12.0 Å². The smallest absolute Gasteiger partial charge is 0.335 e. The van der Waals surface area contributed by atoms with Gasteiger partial charge in [-0.2, -0.15) is 0 Å². The number of carbonyl (C=O) groups is 2. The van der Waals surface area contributed by atoms with E-state index in [1.165, 1.54) is 17.0 Å². The number of nitrogens with zero attached hydrogens (tertiary/aromatic N) is 1. The highest BCUT2D eigenvalue weighted by atomic mass is 16.4. The minimum absolute atomic E-state index is 0.0757. The van der Waals surface area contributed by atoms with Crippen LogP contribution in [0.25, 0.3) is 0 Å². The fourth-order valence-corrected chi connectivity index (χ4v) is 1.76. The van der Waals surface area contributed by atoms with Crippen LogP contribution in [0.1, 0.15) is 29.3 Å². The van der Waals surface area contributed by atoms with Crippen molar-refractivity contribution in [1.29, 1.82) is 0 Å². The van der Waals surface area contributed by atoms with Gasteiger partial charge in [-0.25, -0.2) is 9.59 Å². The van der Waals surface area contributed by atoms with E-state index >= 15 is 0 Å². The molecule has 1 atom stereocenters. The molecule has 0 fully saturated rings. The van der Waals surface area contributed by atoms with Gasteiger partial charge < -0.3 is 20.4 Å². The number of aliphatic hydroxyl groups is 1. The number of aliphatic hydroxyl groups excluding tert-OH is 1. The molecule has 6 heteroatoms. The van der Waals surface area contributed by atoms with Crippen molar-refractivity contribution in [3.05, 3.63) is 35.4 Å². The molecule has 0 radical (unpaired) electrons. The summed E-state index contributed by atoms with van der Waals surface area (Å²) in [6.45, 7) is 2.13. The first-order chi connectivity index (χ1) is 9.49. The van der Waals surface area contributed by atoms with E-state index in [2.05, 4.69) is 5.32 Å². The van der Waals surface area contributed by atoms with Crippen LogP contribution in [-0.4, -0.2) is 46.8 Å². The Bertz CT molecular complexity index is 455. The molecule has 1 aromatic rings. The molecule has 20 heavy (non-hydrogen) atoms. The van der Waals surface area contributed by atoms with E-state index in [0.717, 1.165) is 5.56 Å². The molecule has 0 heterocycles. The summed E-state index contributed by atoms with van der Waals surface area (Å²) >= 11 is 0. The molecule has 3 N–H and O–H groups in total. The lowest BCUT2D eigenvalue weighted by Crippen LogP contribution is -2.44. The second-order valence-electron chi connectivity index (χ2n) is 4.52. The van der Waals surface area contributed by atoms with E-state index in [1.54, 1.807) is 19.2 Å². The van der Waals surface area contributed by atoms with Gasteiger partial charge in [0.25, 0.3) is 0 Å². The second kappa shape index (κ2) is 7.49. The van der Waals surface area contributed by atoms with E-state index in [9.17, 15) is 9.59 Å². The van der Waals surface area contributed by atoms with Gasteiger partial charge >= 0.3 is 12.0 Å². The Morgan fingerprint density at radius 2 is 1.90 bits per heavy atom. The van der Waals surface area contributed by atoms with E-state index in [-0.39, 0.29) is 24.2 Å². The third-order valence-corrected chi connectivity index (χ3v) is 3.19. The van der Waals surface area contributed by atoms with Crippen molar-refractivity contribution < 1.29 is 19.8 Å². The molecule has 0 aliphatic heterocycles. The van der Waals surface area contributed by atoms with Crippen molar-refractivity contribution in [2.24, 2.45) is 0 Å². The van der Waals surface area contributed by atoms with E-state index in [4.69, 9.17) is 10.2 Å². The molecule has 0 saturated heterocycles. The number of aromatic carboxylic acids is 1. The molecule has 2 amide bonds. The maximum atomic E-state index is 11.9.